The highest BCUT2D eigenvalue weighted by atomic mass is 16.2. The first kappa shape index (κ1) is 18.8. The number of hydrogen-bond donors (Lipinski definition) is 1. The van der Waals surface area contributed by atoms with Gasteiger partial charge in [-0.15, -0.1) is 0 Å². The number of nitrogens with zero attached hydrogens (tertiary/aromatic N) is 4. The summed E-state index contributed by atoms with van der Waals surface area (Å²) < 4.78 is 2.07. The molecule has 1 amide bonds. The minimum Gasteiger partial charge on any atom is -0.367 e. The Morgan fingerprint density at radius 1 is 1.19 bits per heavy atom. The highest BCUT2D eigenvalue weighted by molar-refractivity contribution is 5.76. The van der Waals surface area contributed by atoms with Gasteiger partial charge >= 0.3 is 0 Å². The lowest BCUT2D eigenvalue weighted by molar-refractivity contribution is -0.134. The molecule has 4 rings (SSSR count). The van der Waals surface area contributed by atoms with Crippen LogP contribution in [0.5, 0.6) is 0 Å². The van der Waals surface area contributed by atoms with Crippen LogP contribution >= 0.6 is 0 Å². The first-order valence-electron chi connectivity index (χ1n) is 10.7. The number of carbonyl (C=O) groups excluding carboxylic acids is 1. The Balaban J connectivity index is 1.28. The van der Waals surface area contributed by atoms with Crippen LogP contribution in [0.4, 0.5) is 5.82 Å². The summed E-state index contributed by atoms with van der Waals surface area (Å²) in [5.74, 6) is 1.88. The Bertz CT molecular complexity index is 653. The number of anilines is 1. The van der Waals surface area contributed by atoms with Gasteiger partial charge in [0.2, 0.25) is 5.91 Å². The molecule has 2 saturated heterocycles. The molecule has 3 atom stereocenters. The SMILES string of the molecule is CC1Nc2ccnn2C(C)C1CCC(=O)N1CCC2(CCN(C)CC2)CC1. The Kier molecular flexibility index (Phi) is 5.19. The summed E-state index contributed by atoms with van der Waals surface area (Å²) >= 11 is 0. The maximum atomic E-state index is 12.8. The van der Waals surface area contributed by atoms with E-state index in [4.69, 9.17) is 0 Å². The quantitative estimate of drug-likeness (QED) is 0.885. The second-order valence-electron chi connectivity index (χ2n) is 9.22. The summed E-state index contributed by atoms with van der Waals surface area (Å²) in [7, 11) is 2.22. The van der Waals surface area contributed by atoms with E-state index in [0.29, 0.717) is 35.7 Å². The van der Waals surface area contributed by atoms with Gasteiger partial charge in [0.05, 0.1) is 12.2 Å². The smallest absolute Gasteiger partial charge is 0.222 e. The second-order valence-corrected chi connectivity index (χ2v) is 9.22. The molecule has 2 fully saturated rings. The highest BCUT2D eigenvalue weighted by Crippen LogP contribution is 2.41. The molecule has 0 radical (unpaired) electrons. The van der Waals surface area contributed by atoms with E-state index in [1.165, 1.54) is 38.8 Å². The van der Waals surface area contributed by atoms with Crippen LogP contribution < -0.4 is 5.32 Å². The molecular formula is C21H35N5O. The monoisotopic (exact) mass is 373 g/mol. The molecule has 6 nitrogen and oxygen atoms in total. The minimum absolute atomic E-state index is 0.336. The van der Waals surface area contributed by atoms with Crippen LogP contribution in [0.2, 0.25) is 0 Å². The van der Waals surface area contributed by atoms with E-state index in [2.05, 4.69) is 45.8 Å². The summed E-state index contributed by atoms with van der Waals surface area (Å²) in [6.45, 7) is 8.81. The number of hydrogen-bond acceptors (Lipinski definition) is 4. The van der Waals surface area contributed by atoms with Crippen molar-refractivity contribution in [3.8, 4) is 0 Å². The molecule has 1 N–H and O–H groups in total. The summed E-state index contributed by atoms with van der Waals surface area (Å²) in [6.07, 6.45) is 8.45. The first-order valence-corrected chi connectivity index (χ1v) is 10.7. The molecular weight excluding hydrogens is 338 g/mol. The maximum Gasteiger partial charge on any atom is 0.222 e. The molecule has 1 aromatic heterocycles. The van der Waals surface area contributed by atoms with Gasteiger partial charge in [-0.1, -0.05) is 0 Å². The molecule has 6 heteroatoms. The van der Waals surface area contributed by atoms with Gasteiger partial charge < -0.3 is 15.1 Å². The molecule has 0 bridgehead atoms. The average molecular weight is 374 g/mol. The number of nitrogens with one attached hydrogen (secondary N) is 1. The second kappa shape index (κ2) is 7.46. The van der Waals surface area contributed by atoms with Crippen LogP contribution in [0.25, 0.3) is 0 Å². The molecule has 0 aliphatic carbocycles. The van der Waals surface area contributed by atoms with Crippen molar-refractivity contribution in [2.75, 3.05) is 38.5 Å². The van der Waals surface area contributed by atoms with Crippen molar-refractivity contribution in [3.63, 3.8) is 0 Å². The fourth-order valence-corrected chi connectivity index (χ4v) is 5.46. The standard InChI is InChI=1S/C21H35N5O/c1-16-18(17(2)26-19(23-16)6-11-22-26)4-5-20(27)25-14-9-21(10-15-25)7-12-24(3)13-8-21/h6,11,16-18,23H,4-5,7-10,12-15H2,1-3H3. The zero-order valence-corrected chi connectivity index (χ0v) is 17.2. The third-order valence-electron chi connectivity index (χ3n) is 7.61. The van der Waals surface area contributed by atoms with E-state index in [9.17, 15) is 4.79 Å². The van der Waals surface area contributed by atoms with Gasteiger partial charge in [-0.05, 0) is 71.5 Å². The summed E-state index contributed by atoms with van der Waals surface area (Å²) in [6, 6.07) is 2.74. The molecule has 3 unspecified atom stereocenters. The number of piperidine rings is 2. The minimum atomic E-state index is 0.336. The molecule has 150 valence electrons. The first-order chi connectivity index (χ1) is 13.0. The van der Waals surface area contributed by atoms with Gasteiger partial charge in [-0.2, -0.15) is 5.10 Å². The molecule has 1 aromatic rings. The molecule has 4 heterocycles. The van der Waals surface area contributed by atoms with E-state index in [0.717, 1.165) is 25.3 Å². The molecule has 3 aliphatic rings. The predicted molar refractivity (Wildman–Crippen MR) is 108 cm³/mol. The van der Waals surface area contributed by atoms with Crippen molar-refractivity contribution in [1.29, 1.82) is 0 Å². The van der Waals surface area contributed by atoms with E-state index in [-0.39, 0.29) is 0 Å². The van der Waals surface area contributed by atoms with E-state index >= 15 is 0 Å². The van der Waals surface area contributed by atoms with Crippen LogP contribution in [0, 0.1) is 11.3 Å². The third kappa shape index (κ3) is 3.73. The van der Waals surface area contributed by atoms with Gasteiger partial charge in [0.1, 0.15) is 5.82 Å². The summed E-state index contributed by atoms with van der Waals surface area (Å²) in [4.78, 5) is 17.4. The van der Waals surface area contributed by atoms with Crippen molar-refractivity contribution in [2.24, 2.45) is 11.3 Å². The Morgan fingerprint density at radius 3 is 2.56 bits per heavy atom. The number of likely N-dealkylation sites (tertiary alicyclic amines) is 2. The number of aromatic nitrogens is 2. The van der Waals surface area contributed by atoms with Crippen molar-refractivity contribution in [1.82, 2.24) is 19.6 Å². The lowest BCUT2D eigenvalue weighted by Crippen LogP contribution is -2.47. The zero-order valence-electron chi connectivity index (χ0n) is 17.2. The Hall–Kier alpha value is -1.56. The molecule has 0 aromatic carbocycles. The van der Waals surface area contributed by atoms with Crippen molar-refractivity contribution < 1.29 is 4.79 Å². The maximum absolute atomic E-state index is 12.8. The fraction of sp³-hybridized carbons (Fsp3) is 0.810. The molecule has 27 heavy (non-hydrogen) atoms. The van der Waals surface area contributed by atoms with E-state index < -0.39 is 0 Å². The predicted octanol–water partition coefficient (Wildman–Crippen LogP) is 2.99. The van der Waals surface area contributed by atoms with Crippen molar-refractivity contribution in [3.05, 3.63) is 12.3 Å². The van der Waals surface area contributed by atoms with Crippen LogP contribution in [0.1, 0.15) is 58.4 Å². The highest BCUT2D eigenvalue weighted by Gasteiger charge is 2.38. The lowest BCUT2D eigenvalue weighted by Gasteiger charge is -2.46. The average Bonchev–Trinajstić information content (AvgIpc) is 3.13. The van der Waals surface area contributed by atoms with Crippen LogP contribution in [-0.2, 0) is 4.79 Å². The van der Waals surface area contributed by atoms with E-state index in [1.54, 1.807) is 0 Å². The number of amides is 1. The van der Waals surface area contributed by atoms with Gasteiger partial charge in [-0.3, -0.25) is 4.79 Å². The summed E-state index contributed by atoms with van der Waals surface area (Å²) in [5, 5.41) is 7.99. The molecule has 1 spiro atoms. The molecule has 3 aliphatic heterocycles. The van der Waals surface area contributed by atoms with E-state index in [1.807, 2.05) is 12.3 Å². The Labute approximate surface area is 163 Å². The van der Waals surface area contributed by atoms with Crippen LogP contribution in [-0.4, -0.2) is 64.8 Å². The fourth-order valence-electron chi connectivity index (χ4n) is 5.46. The van der Waals surface area contributed by atoms with Crippen LogP contribution in [0.15, 0.2) is 12.3 Å². The zero-order chi connectivity index (χ0) is 19.0. The normalized spacial score (nSPS) is 30.8. The number of carbonyl (C=O) groups is 1. The lowest BCUT2D eigenvalue weighted by atomic mass is 9.71. The summed E-state index contributed by atoms with van der Waals surface area (Å²) in [5.41, 5.74) is 0.510. The number of fused-ring (bicyclic) bond motifs is 1. The van der Waals surface area contributed by atoms with Crippen LogP contribution in [0.3, 0.4) is 0 Å². The van der Waals surface area contributed by atoms with Crippen molar-refractivity contribution >= 4 is 11.7 Å². The third-order valence-corrected chi connectivity index (χ3v) is 7.61. The Morgan fingerprint density at radius 2 is 1.85 bits per heavy atom. The topological polar surface area (TPSA) is 53.4 Å². The van der Waals surface area contributed by atoms with Crippen molar-refractivity contribution in [2.45, 2.75) is 64.5 Å². The number of rotatable bonds is 3. The van der Waals surface area contributed by atoms with Gasteiger partial charge in [0.15, 0.2) is 0 Å². The molecule has 0 saturated carbocycles. The van der Waals surface area contributed by atoms with Gasteiger partial charge in [0, 0.05) is 37.5 Å². The van der Waals surface area contributed by atoms with Gasteiger partial charge in [-0.25, -0.2) is 4.68 Å². The largest absolute Gasteiger partial charge is 0.367 e. The van der Waals surface area contributed by atoms with Gasteiger partial charge in [0.25, 0.3) is 0 Å².